The van der Waals surface area contributed by atoms with Crippen molar-refractivity contribution < 1.29 is 18.0 Å². The first-order valence-corrected chi connectivity index (χ1v) is 14.7. The number of nitrogens with one attached hydrogen (secondary N) is 1. The van der Waals surface area contributed by atoms with Crippen LogP contribution in [0.4, 0.5) is 5.69 Å². The van der Waals surface area contributed by atoms with E-state index in [2.05, 4.69) is 5.32 Å². The van der Waals surface area contributed by atoms with Crippen molar-refractivity contribution in [1.82, 2.24) is 10.2 Å². The number of para-hydroxylation sites is 1. The summed E-state index contributed by atoms with van der Waals surface area (Å²) in [5.41, 5.74) is 1.89. The van der Waals surface area contributed by atoms with Gasteiger partial charge in [-0.2, -0.15) is 0 Å². The number of sulfonamides is 1. The Kier molecular flexibility index (Phi) is 10.3. The Labute approximate surface area is 230 Å². The number of hydrogen-bond acceptors (Lipinski definition) is 4. The van der Waals surface area contributed by atoms with Crippen LogP contribution in [0.1, 0.15) is 31.4 Å². The number of hydrogen-bond donors (Lipinski definition) is 1. The van der Waals surface area contributed by atoms with Crippen molar-refractivity contribution in [3.05, 3.63) is 101 Å². The first kappa shape index (κ1) is 29.2. The predicted molar refractivity (Wildman–Crippen MR) is 152 cm³/mol. The van der Waals surface area contributed by atoms with Crippen molar-refractivity contribution >= 4 is 39.1 Å². The molecule has 0 saturated carbocycles. The second-order valence-corrected chi connectivity index (χ2v) is 11.6. The van der Waals surface area contributed by atoms with E-state index in [-0.39, 0.29) is 24.9 Å². The lowest BCUT2D eigenvalue weighted by atomic mass is 10.0. The number of halogens is 1. The minimum atomic E-state index is -3.80. The Balaban J connectivity index is 2.05. The van der Waals surface area contributed by atoms with Gasteiger partial charge in [-0.25, -0.2) is 8.42 Å². The largest absolute Gasteiger partial charge is 0.352 e. The molecule has 202 valence electrons. The number of benzene rings is 3. The fraction of sp³-hybridized carbons (Fsp3) is 0.310. The van der Waals surface area contributed by atoms with E-state index in [0.29, 0.717) is 16.3 Å². The molecule has 0 unspecified atom stereocenters. The molecular formula is C29H34ClN3O4S. The molecule has 0 bridgehead atoms. The van der Waals surface area contributed by atoms with E-state index in [0.717, 1.165) is 22.5 Å². The molecule has 9 heteroatoms. The van der Waals surface area contributed by atoms with Crippen LogP contribution in [0.25, 0.3) is 0 Å². The summed E-state index contributed by atoms with van der Waals surface area (Å²) in [7, 11) is -3.80. The van der Waals surface area contributed by atoms with Crippen molar-refractivity contribution in [2.45, 2.75) is 45.3 Å². The third-order valence-electron chi connectivity index (χ3n) is 6.29. The van der Waals surface area contributed by atoms with Gasteiger partial charge in [0.15, 0.2) is 0 Å². The Hall–Kier alpha value is -3.36. The average Bonchev–Trinajstić information content (AvgIpc) is 2.90. The van der Waals surface area contributed by atoms with E-state index in [1.807, 2.05) is 50.2 Å². The monoisotopic (exact) mass is 555 g/mol. The van der Waals surface area contributed by atoms with Gasteiger partial charge in [-0.05, 0) is 42.7 Å². The molecule has 3 aromatic carbocycles. The number of carbonyl (C=O) groups is 2. The van der Waals surface area contributed by atoms with Gasteiger partial charge in [0.25, 0.3) is 0 Å². The van der Waals surface area contributed by atoms with E-state index in [1.54, 1.807) is 48.5 Å². The van der Waals surface area contributed by atoms with Crippen LogP contribution in [0, 0.1) is 0 Å². The van der Waals surface area contributed by atoms with Crippen LogP contribution < -0.4 is 9.62 Å². The molecule has 0 aliphatic rings. The third-order valence-corrected chi connectivity index (χ3v) is 7.80. The van der Waals surface area contributed by atoms with Crippen LogP contribution in [-0.2, 0) is 32.6 Å². The summed E-state index contributed by atoms with van der Waals surface area (Å²) < 4.78 is 26.5. The highest BCUT2D eigenvalue weighted by Crippen LogP contribution is 2.23. The molecule has 2 amide bonds. The van der Waals surface area contributed by atoms with E-state index < -0.39 is 28.5 Å². The second kappa shape index (κ2) is 13.4. The molecule has 0 aliphatic carbocycles. The van der Waals surface area contributed by atoms with E-state index >= 15 is 0 Å². The number of rotatable bonds is 12. The van der Waals surface area contributed by atoms with Crippen molar-refractivity contribution in [2.75, 3.05) is 17.1 Å². The normalized spacial score (nSPS) is 12.8. The molecule has 0 saturated heterocycles. The van der Waals surface area contributed by atoms with Gasteiger partial charge in [-0.1, -0.05) is 85.3 Å². The molecule has 0 spiro atoms. The van der Waals surface area contributed by atoms with Crippen molar-refractivity contribution in [1.29, 1.82) is 0 Å². The minimum Gasteiger partial charge on any atom is -0.352 e. The third kappa shape index (κ3) is 8.07. The van der Waals surface area contributed by atoms with Gasteiger partial charge in [0.1, 0.15) is 12.6 Å². The summed E-state index contributed by atoms with van der Waals surface area (Å²) >= 11 is 6.45. The smallest absolute Gasteiger partial charge is 0.244 e. The molecule has 3 rings (SSSR count). The van der Waals surface area contributed by atoms with E-state index in [4.69, 9.17) is 11.6 Å². The molecule has 0 aromatic heterocycles. The first-order valence-electron chi connectivity index (χ1n) is 12.5. The van der Waals surface area contributed by atoms with Gasteiger partial charge in [0, 0.05) is 24.0 Å². The second-order valence-electron chi connectivity index (χ2n) is 9.24. The molecule has 3 aromatic rings. The summed E-state index contributed by atoms with van der Waals surface area (Å²) in [5, 5.41) is 3.46. The lowest BCUT2D eigenvalue weighted by Crippen LogP contribution is -2.54. The Morgan fingerprint density at radius 1 is 0.921 bits per heavy atom. The molecule has 38 heavy (non-hydrogen) atoms. The molecule has 2 atom stereocenters. The molecule has 7 nitrogen and oxygen atoms in total. The zero-order valence-electron chi connectivity index (χ0n) is 21.9. The molecule has 0 aliphatic heterocycles. The number of anilines is 1. The minimum absolute atomic E-state index is 0.0380. The Morgan fingerprint density at radius 3 is 2.08 bits per heavy atom. The summed E-state index contributed by atoms with van der Waals surface area (Å²) in [6.45, 7) is 3.44. The average molecular weight is 556 g/mol. The van der Waals surface area contributed by atoms with Gasteiger partial charge < -0.3 is 10.2 Å². The van der Waals surface area contributed by atoms with Gasteiger partial charge in [0.2, 0.25) is 21.8 Å². The summed E-state index contributed by atoms with van der Waals surface area (Å²) in [5.74, 6) is -0.825. The van der Waals surface area contributed by atoms with Crippen LogP contribution in [0.5, 0.6) is 0 Å². The van der Waals surface area contributed by atoms with E-state index in [1.165, 1.54) is 4.90 Å². The van der Waals surface area contributed by atoms with Crippen molar-refractivity contribution in [3.63, 3.8) is 0 Å². The zero-order chi connectivity index (χ0) is 27.7. The zero-order valence-corrected chi connectivity index (χ0v) is 23.5. The Bertz CT molecular complexity index is 1320. The molecule has 1 N–H and O–H groups in total. The summed E-state index contributed by atoms with van der Waals surface area (Å²) in [6.07, 6.45) is 2.03. The van der Waals surface area contributed by atoms with Gasteiger partial charge in [-0.15, -0.1) is 0 Å². The molecule has 0 radical (unpaired) electrons. The molecule has 0 heterocycles. The molecular weight excluding hydrogens is 522 g/mol. The lowest BCUT2D eigenvalue weighted by Gasteiger charge is -2.34. The highest BCUT2D eigenvalue weighted by molar-refractivity contribution is 7.92. The molecule has 0 fully saturated rings. The van der Waals surface area contributed by atoms with Crippen LogP contribution in [-0.4, -0.2) is 50.0 Å². The van der Waals surface area contributed by atoms with Crippen molar-refractivity contribution in [2.24, 2.45) is 0 Å². The first-order chi connectivity index (χ1) is 18.1. The van der Waals surface area contributed by atoms with Crippen LogP contribution in [0.2, 0.25) is 5.02 Å². The maximum absolute atomic E-state index is 14.0. The number of amides is 2. The fourth-order valence-corrected chi connectivity index (χ4v) is 5.06. The van der Waals surface area contributed by atoms with Crippen LogP contribution in [0.3, 0.4) is 0 Å². The topological polar surface area (TPSA) is 86.8 Å². The predicted octanol–water partition coefficient (Wildman–Crippen LogP) is 4.66. The summed E-state index contributed by atoms with van der Waals surface area (Å²) in [6, 6.07) is 24.0. The number of nitrogens with zero attached hydrogens (tertiary/aromatic N) is 2. The van der Waals surface area contributed by atoms with Gasteiger partial charge in [-0.3, -0.25) is 13.9 Å². The standard InChI is InChI=1S/C29H34ClN3O4S/c1-4-22(2)31-29(35)27(19-23-13-7-5-8-14-23)32(20-24-15-11-12-18-26(24)30)28(34)21-33(38(3,36)37)25-16-9-6-10-17-25/h5-18,22,27H,4,19-21H2,1-3H3,(H,31,35)/t22-,27-/m1/s1. The maximum Gasteiger partial charge on any atom is 0.244 e. The maximum atomic E-state index is 14.0. The highest BCUT2D eigenvalue weighted by Gasteiger charge is 2.33. The highest BCUT2D eigenvalue weighted by atomic mass is 35.5. The van der Waals surface area contributed by atoms with Crippen molar-refractivity contribution in [3.8, 4) is 0 Å². The van der Waals surface area contributed by atoms with E-state index in [9.17, 15) is 18.0 Å². The van der Waals surface area contributed by atoms with Crippen LogP contribution >= 0.6 is 11.6 Å². The quantitative estimate of drug-likeness (QED) is 0.352. The van der Waals surface area contributed by atoms with Crippen LogP contribution in [0.15, 0.2) is 84.9 Å². The number of carbonyl (C=O) groups excluding carboxylic acids is 2. The lowest BCUT2D eigenvalue weighted by molar-refractivity contribution is -0.140. The SMILES string of the molecule is CC[C@@H](C)NC(=O)[C@@H](Cc1ccccc1)N(Cc1ccccc1Cl)C(=O)CN(c1ccccc1)S(C)(=O)=O. The van der Waals surface area contributed by atoms with Gasteiger partial charge in [0.05, 0.1) is 11.9 Å². The summed E-state index contributed by atoms with van der Waals surface area (Å²) in [4.78, 5) is 29.0. The fourth-order valence-electron chi connectivity index (χ4n) is 4.01. The van der Waals surface area contributed by atoms with Gasteiger partial charge >= 0.3 is 0 Å². The Morgan fingerprint density at radius 2 is 1.50 bits per heavy atom.